The van der Waals surface area contributed by atoms with Crippen molar-refractivity contribution in [2.24, 2.45) is 13.0 Å². The molecule has 2 heterocycles. The molecule has 1 saturated heterocycles. The molecule has 142 valence electrons. The number of alkyl halides is 3. The van der Waals surface area contributed by atoms with Gasteiger partial charge in [0.25, 0.3) is 0 Å². The predicted octanol–water partition coefficient (Wildman–Crippen LogP) is 2.28. The number of rotatable bonds is 2. The fraction of sp³-hybridized carbons (Fsp3) is 0.733. The minimum Gasteiger partial charge on any atom is -0.444 e. The smallest absolute Gasteiger partial charge is 0.407 e. The zero-order valence-electron chi connectivity index (χ0n) is 14.7. The lowest BCUT2D eigenvalue weighted by molar-refractivity contribution is -0.177. The molecule has 0 saturated carbocycles. The van der Waals surface area contributed by atoms with Gasteiger partial charge in [-0.2, -0.15) is 18.3 Å². The van der Waals surface area contributed by atoms with Crippen LogP contribution in [0.2, 0.25) is 0 Å². The van der Waals surface area contributed by atoms with E-state index in [1.807, 2.05) is 0 Å². The molecule has 1 aliphatic heterocycles. The third-order valence-corrected chi connectivity index (χ3v) is 3.87. The van der Waals surface area contributed by atoms with E-state index in [1.54, 1.807) is 27.8 Å². The second-order valence-electron chi connectivity index (χ2n) is 7.27. The molecule has 1 aromatic heterocycles. The highest BCUT2D eigenvalue weighted by Gasteiger charge is 2.45. The lowest BCUT2D eigenvalue weighted by Gasteiger charge is -2.40. The summed E-state index contributed by atoms with van der Waals surface area (Å²) in [6.45, 7) is 5.02. The van der Waals surface area contributed by atoms with Crippen LogP contribution >= 0.6 is 0 Å². The van der Waals surface area contributed by atoms with Gasteiger partial charge in [-0.3, -0.25) is 4.68 Å². The van der Waals surface area contributed by atoms with Crippen molar-refractivity contribution in [1.29, 1.82) is 0 Å². The number of halogens is 3. The van der Waals surface area contributed by atoms with Gasteiger partial charge in [-0.1, -0.05) is 0 Å². The van der Waals surface area contributed by atoms with Crippen LogP contribution < -0.4 is 16.0 Å². The molecule has 0 aliphatic carbocycles. The molecule has 0 radical (unpaired) electrons. The maximum atomic E-state index is 13.3. The lowest BCUT2D eigenvalue weighted by Crippen LogP contribution is -2.55. The Kier molecular flexibility index (Phi) is 5.10. The molecular weight excluding hydrogens is 339 g/mol. The van der Waals surface area contributed by atoms with Crippen molar-refractivity contribution in [2.45, 2.75) is 45.0 Å². The number of hydrogen-bond acceptors (Lipinski definition) is 5. The largest absolute Gasteiger partial charge is 0.444 e. The average molecular weight is 363 g/mol. The van der Waals surface area contributed by atoms with Crippen LogP contribution in [-0.2, 0) is 11.8 Å². The number of aryl methyl sites for hydroxylation is 1. The monoisotopic (exact) mass is 363 g/mol. The summed E-state index contributed by atoms with van der Waals surface area (Å²) in [6.07, 6.45) is -3.93. The molecule has 1 fully saturated rings. The number of carbonyl (C=O) groups excluding carboxylic acids is 1. The van der Waals surface area contributed by atoms with Crippen molar-refractivity contribution in [2.75, 3.05) is 23.7 Å². The van der Waals surface area contributed by atoms with Crippen LogP contribution in [-0.4, -0.2) is 46.8 Å². The van der Waals surface area contributed by atoms with Crippen molar-refractivity contribution in [3.63, 3.8) is 0 Å². The quantitative estimate of drug-likeness (QED) is 0.842. The number of hydrogen-bond donors (Lipinski definition) is 2. The Morgan fingerprint density at radius 2 is 2.00 bits per heavy atom. The Bertz CT molecular complexity index is 604. The lowest BCUT2D eigenvalue weighted by atomic mass is 9.93. The van der Waals surface area contributed by atoms with Gasteiger partial charge in [0.1, 0.15) is 11.4 Å². The summed E-state index contributed by atoms with van der Waals surface area (Å²) in [6, 6.07) is -0.718. The SMILES string of the molecule is Cn1ncc(N)c1N1C[C@@H](NC(=O)OC(C)(C)C)C[C@@H](C(F)(F)F)C1. The summed E-state index contributed by atoms with van der Waals surface area (Å²) in [5.41, 5.74) is 5.40. The third-order valence-electron chi connectivity index (χ3n) is 3.87. The zero-order valence-corrected chi connectivity index (χ0v) is 14.7. The minimum absolute atomic E-state index is 0.190. The van der Waals surface area contributed by atoms with E-state index in [0.29, 0.717) is 11.5 Å². The van der Waals surface area contributed by atoms with E-state index in [9.17, 15) is 18.0 Å². The molecular formula is C15H24F3N5O2. The first-order valence-electron chi connectivity index (χ1n) is 7.95. The summed E-state index contributed by atoms with van der Waals surface area (Å²) in [5.74, 6) is -1.18. The second-order valence-corrected chi connectivity index (χ2v) is 7.27. The molecule has 10 heteroatoms. The number of nitrogens with zero attached hydrogens (tertiary/aromatic N) is 3. The van der Waals surface area contributed by atoms with Gasteiger partial charge in [0.05, 0.1) is 23.8 Å². The van der Waals surface area contributed by atoms with Gasteiger partial charge in [-0.05, 0) is 27.2 Å². The topological polar surface area (TPSA) is 85.4 Å². The van der Waals surface area contributed by atoms with Crippen LogP contribution in [0.15, 0.2) is 6.20 Å². The van der Waals surface area contributed by atoms with Crippen LogP contribution in [0.25, 0.3) is 0 Å². The van der Waals surface area contributed by atoms with Gasteiger partial charge >= 0.3 is 12.3 Å². The number of ether oxygens (including phenoxy) is 1. The van der Waals surface area contributed by atoms with Crippen molar-refractivity contribution < 1.29 is 22.7 Å². The van der Waals surface area contributed by atoms with Gasteiger partial charge in [0.2, 0.25) is 0 Å². The molecule has 0 spiro atoms. The summed E-state index contributed by atoms with van der Waals surface area (Å²) in [7, 11) is 1.61. The van der Waals surface area contributed by atoms with Crippen LogP contribution in [0.1, 0.15) is 27.2 Å². The molecule has 1 amide bonds. The number of alkyl carbamates (subject to hydrolysis) is 1. The Labute approximate surface area is 144 Å². The number of amides is 1. The number of carbonyl (C=O) groups is 1. The number of aromatic nitrogens is 2. The average Bonchev–Trinajstić information content (AvgIpc) is 2.74. The van der Waals surface area contributed by atoms with Gasteiger partial charge in [-0.15, -0.1) is 0 Å². The molecule has 1 aromatic rings. The van der Waals surface area contributed by atoms with Gasteiger partial charge in [0, 0.05) is 20.1 Å². The molecule has 2 rings (SSSR count). The first kappa shape index (κ1) is 19.2. The molecule has 7 nitrogen and oxygen atoms in total. The van der Waals surface area contributed by atoms with Crippen molar-refractivity contribution >= 4 is 17.6 Å². The molecule has 0 aromatic carbocycles. The van der Waals surface area contributed by atoms with E-state index in [1.165, 1.54) is 15.8 Å². The van der Waals surface area contributed by atoms with Crippen LogP contribution in [0.3, 0.4) is 0 Å². The van der Waals surface area contributed by atoms with E-state index in [-0.39, 0.29) is 19.5 Å². The molecule has 0 bridgehead atoms. The zero-order chi connectivity index (χ0) is 19.0. The van der Waals surface area contributed by atoms with Gasteiger partial charge in [-0.25, -0.2) is 4.79 Å². The molecule has 25 heavy (non-hydrogen) atoms. The highest BCUT2D eigenvalue weighted by atomic mass is 19.4. The first-order chi connectivity index (χ1) is 11.4. The number of nitrogen functional groups attached to an aromatic ring is 1. The fourth-order valence-corrected chi connectivity index (χ4v) is 2.92. The van der Waals surface area contributed by atoms with E-state index in [0.717, 1.165) is 0 Å². The van der Waals surface area contributed by atoms with Crippen LogP contribution in [0.5, 0.6) is 0 Å². The van der Waals surface area contributed by atoms with Crippen molar-refractivity contribution in [3.8, 4) is 0 Å². The van der Waals surface area contributed by atoms with Gasteiger partial charge < -0.3 is 20.7 Å². The first-order valence-corrected chi connectivity index (χ1v) is 7.95. The van der Waals surface area contributed by atoms with E-state index < -0.39 is 29.8 Å². The Morgan fingerprint density at radius 3 is 2.48 bits per heavy atom. The van der Waals surface area contributed by atoms with Crippen LogP contribution in [0.4, 0.5) is 29.5 Å². The Morgan fingerprint density at radius 1 is 1.36 bits per heavy atom. The van der Waals surface area contributed by atoms with Crippen LogP contribution in [0, 0.1) is 5.92 Å². The standard InChI is InChI=1S/C15H24F3N5O2/c1-14(2,3)25-13(24)21-10-5-9(15(16,17)18)7-23(8-10)12-11(19)6-20-22(12)4/h6,9-10H,5,7-8,19H2,1-4H3,(H,21,24)/t9-,10+/m1/s1. The maximum Gasteiger partial charge on any atom is 0.407 e. The fourth-order valence-electron chi connectivity index (χ4n) is 2.92. The molecule has 2 atom stereocenters. The van der Waals surface area contributed by atoms with Gasteiger partial charge in [0.15, 0.2) is 0 Å². The predicted molar refractivity (Wildman–Crippen MR) is 87.2 cm³/mol. The number of anilines is 2. The second kappa shape index (κ2) is 6.64. The van der Waals surface area contributed by atoms with Crippen molar-refractivity contribution in [1.82, 2.24) is 15.1 Å². The summed E-state index contributed by atoms with van der Waals surface area (Å²) in [4.78, 5) is 13.4. The van der Waals surface area contributed by atoms with E-state index in [4.69, 9.17) is 10.5 Å². The Balaban J connectivity index is 2.18. The highest BCUT2D eigenvalue weighted by Crippen LogP contribution is 2.36. The molecule has 3 N–H and O–H groups in total. The molecule has 1 aliphatic rings. The summed E-state index contributed by atoms with van der Waals surface area (Å²) in [5, 5.41) is 6.50. The number of nitrogens with one attached hydrogen (secondary N) is 1. The summed E-state index contributed by atoms with van der Waals surface area (Å²) >= 11 is 0. The molecule has 0 unspecified atom stereocenters. The summed E-state index contributed by atoms with van der Waals surface area (Å²) < 4.78 is 46.5. The van der Waals surface area contributed by atoms with E-state index in [2.05, 4.69) is 10.4 Å². The Hall–Kier alpha value is -2.13. The maximum absolute atomic E-state index is 13.3. The minimum atomic E-state index is -4.38. The normalized spacial score (nSPS) is 22.0. The number of piperidine rings is 1. The highest BCUT2D eigenvalue weighted by molar-refractivity contribution is 5.68. The van der Waals surface area contributed by atoms with Crippen molar-refractivity contribution in [3.05, 3.63) is 6.20 Å². The van der Waals surface area contributed by atoms with E-state index >= 15 is 0 Å². The third kappa shape index (κ3) is 4.93. The number of nitrogens with two attached hydrogens (primary N) is 1.